The van der Waals surface area contributed by atoms with Gasteiger partial charge in [-0.1, -0.05) is 12.1 Å². The zero-order valence-electron chi connectivity index (χ0n) is 15.1. The summed E-state index contributed by atoms with van der Waals surface area (Å²) >= 11 is 0. The van der Waals surface area contributed by atoms with E-state index < -0.39 is 10.0 Å². The van der Waals surface area contributed by atoms with Crippen LogP contribution in [0.5, 0.6) is 0 Å². The van der Waals surface area contributed by atoms with Crippen LogP contribution in [0, 0.1) is 5.41 Å². The van der Waals surface area contributed by atoms with Gasteiger partial charge in [0.1, 0.15) is 0 Å². The van der Waals surface area contributed by atoms with Crippen LogP contribution in [0.15, 0.2) is 29.2 Å². The minimum atomic E-state index is -3.66. The zero-order chi connectivity index (χ0) is 17.9. The molecule has 1 aromatic rings. The summed E-state index contributed by atoms with van der Waals surface area (Å²) in [5.41, 5.74) is 1.23. The van der Waals surface area contributed by atoms with Crippen LogP contribution >= 0.6 is 24.8 Å². The quantitative estimate of drug-likeness (QED) is 0.536. The van der Waals surface area contributed by atoms with Crippen LogP contribution in [-0.2, 0) is 21.2 Å². The van der Waals surface area contributed by atoms with Crippen LogP contribution in [0.3, 0.4) is 0 Å². The average Bonchev–Trinajstić information content (AvgIpc) is 2.99. The van der Waals surface area contributed by atoms with E-state index in [1.54, 1.807) is 12.1 Å². The number of halogens is 2. The van der Waals surface area contributed by atoms with Crippen LogP contribution in [0.4, 0.5) is 0 Å². The summed E-state index contributed by atoms with van der Waals surface area (Å²) < 4.78 is 22.5. The largest absolute Gasteiger partial charge is 0.354 e. The van der Waals surface area contributed by atoms with Gasteiger partial charge in [0.15, 0.2) is 0 Å². The van der Waals surface area contributed by atoms with Crippen molar-refractivity contribution in [3.63, 3.8) is 0 Å². The molecule has 1 unspecified atom stereocenters. The van der Waals surface area contributed by atoms with Gasteiger partial charge in [0.05, 0.1) is 10.9 Å². The third kappa shape index (κ3) is 6.30. The first-order valence-electron chi connectivity index (χ1n) is 8.72. The molecule has 154 valence electrons. The maximum atomic E-state index is 12.4. The molecule has 1 amide bonds. The molecule has 27 heavy (non-hydrogen) atoms. The van der Waals surface area contributed by atoms with Gasteiger partial charge in [-0.15, -0.1) is 24.8 Å². The number of carbonyl (C=O) groups is 1. The number of rotatable bonds is 5. The molecule has 7 nitrogen and oxygen atoms in total. The molecule has 2 aliphatic rings. The van der Waals surface area contributed by atoms with Crippen LogP contribution in [-0.4, -0.2) is 46.5 Å². The standard InChI is InChI=1S/C17H26N4O3S.2ClH/c18-25(23,24)14-3-1-13(2-4-14)5-8-20-16(22)15-11-17(12-21-15)6-9-19-10-7-17;;/h1-4,15,19,21H,5-12H2,(H,20,22)(H2,18,23,24);2*1H. The summed E-state index contributed by atoms with van der Waals surface area (Å²) in [5, 5.41) is 14.8. The second-order valence-electron chi connectivity index (χ2n) is 7.12. The van der Waals surface area contributed by atoms with E-state index in [0.29, 0.717) is 13.0 Å². The van der Waals surface area contributed by atoms with E-state index in [1.807, 2.05) is 0 Å². The van der Waals surface area contributed by atoms with Gasteiger partial charge in [-0.3, -0.25) is 4.79 Å². The van der Waals surface area contributed by atoms with Crippen molar-refractivity contribution in [3.05, 3.63) is 29.8 Å². The van der Waals surface area contributed by atoms with E-state index in [-0.39, 0.29) is 47.1 Å². The average molecular weight is 439 g/mol. The lowest BCUT2D eigenvalue weighted by Crippen LogP contribution is -2.41. The summed E-state index contributed by atoms with van der Waals surface area (Å²) in [6.07, 6.45) is 3.81. The molecule has 2 heterocycles. The molecule has 2 aliphatic heterocycles. The van der Waals surface area contributed by atoms with Crippen molar-refractivity contribution in [1.29, 1.82) is 0 Å². The Morgan fingerprint density at radius 1 is 1.19 bits per heavy atom. The van der Waals surface area contributed by atoms with Crippen LogP contribution in [0.1, 0.15) is 24.8 Å². The number of nitrogens with two attached hydrogens (primary N) is 1. The van der Waals surface area contributed by atoms with Gasteiger partial charge >= 0.3 is 0 Å². The highest BCUT2D eigenvalue weighted by Gasteiger charge is 2.41. The predicted octanol–water partition coefficient (Wildman–Crippen LogP) is 0.568. The Kier molecular flexibility index (Phi) is 8.98. The number of nitrogens with one attached hydrogen (secondary N) is 3. The van der Waals surface area contributed by atoms with Gasteiger partial charge in [0.2, 0.25) is 15.9 Å². The minimum Gasteiger partial charge on any atom is -0.354 e. The second kappa shape index (κ2) is 10.0. The van der Waals surface area contributed by atoms with E-state index in [1.165, 1.54) is 12.1 Å². The van der Waals surface area contributed by atoms with Gasteiger partial charge < -0.3 is 16.0 Å². The fraction of sp³-hybridized carbons (Fsp3) is 0.588. The number of carbonyl (C=O) groups excluding carboxylic acids is 1. The fourth-order valence-corrected chi connectivity index (χ4v) is 4.25. The fourth-order valence-electron chi connectivity index (χ4n) is 3.74. The molecule has 3 rings (SSSR count). The third-order valence-electron chi connectivity index (χ3n) is 5.31. The number of sulfonamides is 1. The summed E-state index contributed by atoms with van der Waals surface area (Å²) in [6.45, 7) is 3.51. The smallest absolute Gasteiger partial charge is 0.238 e. The van der Waals surface area contributed by atoms with E-state index in [2.05, 4.69) is 16.0 Å². The molecule has 0 aromatic heterocycles. The first-order chi connectivity index (χ1) is 11.9. The highest BCUT2D eigenvalue weighted by Crippen LogP contribution is 2.37. The van der Waals surface area contributed by atoms with Crippen molar-refractivity contribution in [2.45, 2.75) is 36.6 Å². The monoisotopic (exact) mass is 438 g/mol. The number of piperidine rings is 1. The maximum absolute atomic E-state index is 12.4. The molecule has 0 saturated carbocycles. The lowest BCUT2D eigenvalue weighted by atomic mass is 9.77. The molecule has 1 spiro atoms. The van der Waals surface area contributed by atoms with E-state index in [0.717, 1.165) is 44.5 Å². The van der Waals surface area contributed by atoms with Gasteiger partial charge in [0.25, 0.3) is 0 Å². The predicted molar refractivity (Wildman–Crippen MR) is 110 cm³/mol. The molecule has 0 aliphatic carbocycles. The molecule has 1 atom stereocenters. The van der Waals surface area contributed by atoms with Gasteiger partial charge in [-0.2, -0.15) is 0 Å². The summed E-state index contributed by atoms with van der Waals surface area (Å²) in [5.74, 6) is 0.0524. The van der Waals surface area contributed by atoms with Crippen molar-refractivity contribution < 1.29 is 13.2 Å². The lowest BCUT2D eigenvalue weighted by molar-refractivity contribution is -0.122. The Hall–Kier alpha value is -0.900. The summed E-state index contributed by atoms with van der Waals surface area (Å²) in [4.78, 5) is 12.5. The Balaban J connectivity index is 0.00000182. The van der Waals surface area contributed by atoms with Gasteiger partial charge in [0, 0.05) is 13.1 Å². The van der Waals surface area contributed by atoms with Gasteiger partial charge in [-0.25, -0.2) is 13.6 Å². The van der Waals surface area contributed by atoms with Crippen molar-refractivity contribution in [1.82, 2.24) is 16.0 Å². The molecule has 0 radical (unpaired) electrons. The van der Waals surface area contributed by atoms with E-state index >= 15 is 0 Å². The number of amides is 1. The molecule has 1 aromatic carbocycles. The number of benzene rings is 1. The topological polar surface area (TPSA) is 113 Å². The summed E-state index contributed by atoms with van der Waals surface area (Å²) in [7, 11) is -3.66. The van der Waals surface area contributed by atoms with Crippen LogP contribution in [0.2, 0.25) is 0 Å². The Bertz CT molecular complexity index is 722. The minimum absolute atomic E-state index is 0. The van der Waals surface area contributed by atoms with Gasteiger partial charge in [-0.05, 0) is 61.9 Å². The second-order valence-corrected chi connectivity index (χ2v) is 8.68. The van der Waals surface area contributed by atoms with Crippen molar-refractivity contribution >= 4 is 40.7 Å². The zero-order valence-corrected chi connectivity index (χ0v) is 17.5. The number of hydrogen-bond acceptors (Lipinski definition) is 5. The Morgan fingerprint density at radius 2 is 1.81 bits per heavy atom. The molecule has 0 bridgehead atoms. The van der Waals surface area contributed by atoms with Crippen LogP contribution < -0.4 is 21.1 Å². The SMILES string of the molecule is Cl.Cl.NS(=O)(=O)c1ccc(CCNC(=O)C2CC3(CCNCC3)CN2)cc1. The molecule has 10 heteroatoms. The molecule has 2 saturated heterocycles. The number of primary sulfonamides is 1. The van der Waals surface area contributed by atoms with Crippen molar-refractivity contribution in [3.8, 4) is 0 Å². The molecule has 2 fully saturated rings. The highest BCUT2D eigenvalue weighted by molar-refractivity contribution is 7.89. The Morgan fingerprint density at radius 3 is 2.41 bits per heavy atom. The first-order valence-corrected chi connectivity index (χ1v) is 10.3. The first kappa shape index (κ1) is 24.1. The van der Waals surface area contributed by atoms with Crippen molar-refractivity contribution in [2.75, 3.05) is 26.2 Å². The van der Waals surface area contributed by atoms with E-state index in [9.17, 15) is 13.2 Å². The molecular weight excluding hydrogens is 411 g/mol. The molecule has 5 N–H and O–H groups in total. The number of hydrogen-bond donors (Lipinski definition) is 4. The van der Waals surface area contributed by atoms with E-state index in [4.69, 9.17) is 5.14 Å². The third-order valence-corrected chi connectivity index (χ3v) is 6.24. The summed E-state index contributed by atoms with van der Waals surface area (Å²) in [6, 6.07) is 6.33. The van der Waals surface area contributed by atoms with Crippen molar-refractivity contribution in [2.24, 2.45) is 10.6 Å². The Labute approximate surface area is 173 Å². The maximum Gasteiger partial charge on any atom is 0.238 e. The molecular formula is C17H28Cl2N4O3S. The lowest BCUT2D eigenvalue weighted by Gasteiger charge is -2.33. The van der Waals surface area contributed by atoms with Crippen LogP contribution in [0.25, 0.3) is 0 Å². The normalized spacial score (nSPS) is 21.1. The highest BCUT2D eigenvalue weighted by atomic mass is 35.5.